The second-order valence-corrected chi connectivity index (χ2v) is 2.41. The molecule has 1 aromatic heterocycles. The van der Waals surface area contributed by atoms with Gasteiger partial charge in [-0.3, -0.25) is 0 Å². The molecule has 1 aromatic rings. The normalized spacial score (nSPS) is 9.80. The molecule has 1 rings (SSSR count). The summed E-state index contributed by atoms with van der Waals surface area (Å²) < 4.78 is 5.48. The fourth-order valence-electron chi connectivity index (χ4n) is 0.533. The van der Waals surface area contributed by atoms with Crippen molar-refractivity contribution >= 4 is 15.9 Å². The lowest BCUT2D eigenvalue weighted by atomic mass is 10.6. The van der Waals surface area contributed by atoms with Gasteiger partial charge in [-0.2, -0.15) is 0 Å². The summed E-state index contributed by atoms with van der Waals surface area (Å²) in [4.78, 5) is 7.90. The van der Waals surface area contributed by atoms with Crippen LogP contribution in [0.1, 0.15) is 5.82 Å². The van der Waals surface area contributed by atoms with Crippen LogP contribution in [0.5, 0.6) is 0 Å². The minimum Gasteiger partial charge on any atom is -0.377 e. The van der Waals surface area contributed by atoms with Crippen molar-refractivity contribution in [1.29, 1.82) is 0 Å². The molecule has 0 aliphatic rings. The SMILES string of the molecule is COCc1nc[c]c(Br)n1. The average Bonchev–Trinajstić information content (AvgIpc) is 1.88. The van der Waals surface area contributed by atoms with Gasteiger partial charge in [-0.25, -0.2) is 9.97 Å². The smallest absolute Gasteiger partial charge is 0.155 e. The molecule has 0 atom stereocenters. The van der Waals surface area contributed by atoms with Crippen molar-refractivity contribution in [1.82, 2.24) is 9.97 Å². The fourth-order valence-corrected chi connectivity index (χ4v) is 0.840. The molecule has 0 spiro atoms. The maximum Gasteiger partial charge on any atom is 0.155 e. The molecule has 0 amide bonds. The van der Waals surface area contributed by atoms with Crippen LogP contribution in [-0.4, -0.2) is 17.1 Å². The lowest BCUT2D eigenvalue weighted by Gasteiger charge is -1.95. The number of rotatable bonds is 2. The largest absolute Gasteiger partial charge is 0.377 e. The van der Waals surface area contributed by atoms with E-state index >= 15 is 0 Å². The van der Waals surface area contributed by atoms with Crippen LogP contribution >= 0.6 is 15.9 Å². The number of halogens is 1. The van der Waals surface area contributed by atoms with E-state index < -0.39 is 0 Å². The summed E-state index contributed by atoms with van der Waals surface area (Å²) >= 11 is 3.17. The zero-order valence-electron chi connectivity index (χ0n) is 5.47. The van der Waals surface area contributed by atoms with Crippen LogP contribution < -0.4 is 0 Å². The predicted molar refractivity (Wildman–Crippen MR) is 39.3 cm³/mol. The Kier molecular flexibility index (Phi) is 2.77. The lowest BCUT2D eigenvalue weighted by molar-refractivity contribution is 0.177. The summed E-state index contributed by atoms with van der Waals surface area (Å²) in [6.45, 7) is 0.438. The molecule has 0 aliphatic heterocycles. The van der Waals surface area contributed by atoms with Crippen LogP contribution in [0.25, 0.3) is 0 Å². The predicted octanol–water partition coefficient (Wildman–Crippen LogP) is 1.19. The third kappa shape index (κ3) is 2.04. The van der Waals surface area contributed by atoms with E-state index in [4.69, 9.17) is 4.74 Å². The number of nitrogens with zero attached hydrogens (tertiary/aromatic N) is 2. The second kappa shape index (κ2) is 3.63. The molecule has 1 heterocycles. The molecule has 0 N–H and O–H groups in total. The molecule has 0 saturated carbocycles. The monoisotopic (exact) mass is 201 g/mol. The first kappa shape index (κ1) is 7.63. The standard InChI is InChI=1S/C6H6BrN2O/c1-10-4-6-8-3-2-5(7)9-6/h3H,4H2,1H3. The van der Waals surface area contributed by atoms with Crippen LogP contribution in [0.4, 0.5) is 0 Å². The summed E-state index contributed by atoms with van der Waals surface area (Å²) in [5, 5.41) is 0. The van der Waals surface area contributed by atoms with Crippen LogP contribution in [0.15, 0.2) is 10.8 Å². The molecule has 0 fully saturated rings. The Bertz CT molecular complexity index is 217. The molecule has 0 bridgehead atoms. The molecule has 4 heteroatoms. The third-order valence-electron chi connectivity index (χ3n) is 0.898. The Labute approximate surface area is 67.6 Å². The van der Waals surface area contributed by atoms with Gasteiger partial charge in [0.05, 0.1) is 0 Å². The Morgan fingerprint density at radius 2 is 2.60 bits per heavy atom. The zero-order chi connectivity index (χ0) is 7.40. The molecule has 53 valence electrons. The fraction of sp³-hybridized carbons (Fsp3) is 0.333. The maximum absolute atomic E-state index is 4.82. The van der Waals surface area contributed by atoms with Crippen molar-refractivity contribution in [3.63, 3.8) is 0 Å². The molecule has 3 nitrogen and oxygen atoms in total. The third-order valence-corrected chi connectivity index (χ3v) is 1.30. The Morgan fingerprint density at radius 3 is 3.20 bits per heavy atom. The molecule has 0 saturated heterocycles. The zero-order valence-corrected chi connectivity index (χ0v) is 7.05. The Morgan fingerprint density at radius 1 is 1.80 bits per heavy atom. The summed E-state index contributed by atoms with van der Waals surface area (Å²) in [5.74, 6) is 0.660. The number of hydrogen-bond donors (Lipinski definition) is 0. The van der Waals surface area contributed by atoms with Gasteiger partial charge in [0.2, 0.25) is 0 Å². The van der Waals surface area contributed by atoms with E-state index in [2.05, 4.69) is 32.0 Å². The molecule has 0 aliphatic carbocycles. The van der Waals surface area contributed by atoms with Crippen molar-refractivity contribution < 1.29 is 4.74 Å². The first-order valence-electron chi connectivity index (χ1n) is 2.71. The molecule has 0 unspecified atom stereocenters. The van der Waals surface area contributed by atoms with Gasteiger partial charge in [-0.1, -0.05) is 0 Å². The van der Waals surface area contributed by atoms with E-state index in [1.807, 2.05) is 0 Å². The Balaban J connectivity index is 2.75. The van der Waals surface area contributed by atoms with Gasteiger partial charge in [-0.05, 0) is 15.9 Å². The lowest BCUT2D eigenvalue weighted by Crippen LogP contribution is -1.95. The summed E-state index contributed by atoms with van der Waals surface area (Å²) in [5.41, 5.74) is 0. The van der Waals surface area contributed by atoms with Crippen LogP contribution in [-0.2, 0) is 11.3 Å². The topological polar surface area (TPSA) is 35.0 Å². The van der Waals surface area contributed by atoms with Crippen molar-refractivity contribution in [2.75, 3.05) is 7.11 Å². The molecule has 0 aromatic carbocycles. The van der Waals surface area contributed by atoms with E-state index in [1.54, 1.807) is 13.3 Å². The quantitative estimate of drug-likeness (QED) is 0.675. The number of methoxy groups -OCH3 is 1. The van der Waals surface area contributed by atoms with E-state index in [9.17, 15) is 0 Å². The number of hydrogen-bond acceptors (Lipinski definition) is 3. The minimum absolute atomic E-state index is 0.438. The van der Waals surface area contributed by atoms with Gasteiger partial charge in [0.15, 0.2) is 5.82 Å². The summed E-state index contributed by atoms with van der Waals surface area (Å²) in [7, 11) is 1.61. The molecule has 1 radical (unpaired) electrons. The highest BCUT2D eigenvalue weighted by atomic mass is 79.9. The number of ether oxygens (including phenoxy) is 1. The van der Waals surface area contributed by atoms with Gasteiger partial charge >= 0.3 is 0 Å². The van der Waals surface area contributed by atoms with Crippen LogP contribution in [0.2, 0.25) is 0 Å². The van der Waals surface area contributed by atoms with Gasteiger partial charge in [0, 0.05) is 19.4 Å². The van der Waals surface area contributed by atoms with Gasteiger partial charge in [0.25, 0.3) is 0 Å². The maximum atomic E-state index is 4.82. The highest BCUT2D eigenvalue weighted by Gasteiger charge is 1.94. The van der Waals surface area contributed by atoms with Crippen molar-refractivity contribution in [2.45, 2.75) is 6.61 Å². The van der Waals surface area contributed by atoms with E-state index in [0.717, 1.165) is 0 Å². The van der Waals surface area contributed by atoms with Gasteiger partial charge in [-0.15, -0.1) is 0 Å². The Hall–Kier alpha value is -0.480. The first-order valence-corrected chi connectivity index (χ1v) is 3.50. The molecule has 10 heavy (non-hydrogen) atoms. The minimum atomic E-state index is 0.438. The van der Waals surface area contributed by atoms with Crippen molar-refractivity contribution in [3.05, 3.63) is 22.7 Å². The first-order chi connectivity index (χ1) is 4.83. The van der Waals surface area contributed by atoms with E-state index in [1.165, 1.54) is 0 Å². The second-order valence-electron chi connectivity index (χ2n) is 1.65. The van der Waals surface area contributed by atoms with Crippen molar-refractivity contribution in [2.24, 2.45) is 0 Å². The number of aromatic nitrogens is 2. The van der Waals surface area contributed by atoms with Crippen molar-refractivity contribution in [3.8, 4) is 0 Å². The van der Waals surface area contributed by atoms with Crippen LogP contribution in [0.3, 0.4) is 0 Å². The highest BCUT2D eigenvalue weighted by molar-refractivity contribution is 9.10. The van der Waals surface area contributed by atoms with E-state index in [-0.39, 0.29) is 0 Å². The summed E-state index contributed by atoms with van der Waals surface area (Å²) in [6, 6.07) is 2.77. The van der Waals surface area contributed by atoms with Crippen LogP contribution in [0, 0.1) is 6.07 Å². The van der Waals surface area contributed by atoms with E-state index in [0.29, 0.717) is 17.0 Å². The highest BCUT2D eigenvalue weighted by Crippen LogP contribution is 2.02. The molecular weight excluding hydrogens is 196 g/mol. The average molecular weight is 202 g/mol. The van der Waals surface area contributed by atoms with Gasteiger partial charge in [0.1, 0.15) is 11.2 Å². The summed E-state index contributed by atoms with van der Waals surface area (Å²) in [6.07, 6.45) is 1.56. The van der Waals surface area contributed by atoms with Gasteiger partial charge < -0.3 is 4.74 Å². The molecular formula is C6H6BrN2O.